The Kier molecular flexibility index (Phi) is 6.63. The molecule has 21 heavy (non-hydrogen) atoms. The summed E-state index contributed by atoms with van der Waals surface area (Å²) < 4.78 is 0. The fourth-order valence-corrected chi connectivity index (χ4v) is 5.42. The summed E-state index contributed by atoms with van der Waals surface area (Å²) >= 11 is 0. The van der Waals surface area contributed by atoms with E-state index in [1.807, 2.05) is 0 Å². The quantitative estimate of drug-likeness (QED) is 0.501. The van der Waals surface area contributed by atoms with Gasteiger partial charge < -0.3 is 0 Å². The molecule has 0 saturated heterocycles. The van der Waals surface area contributed by atoms with Gasteiger partial charge in [-0.1, -0.05) is 72.6 Å². The van der Waals surface area contributed by atoms with E-state index in [0.717, 1.165) is 23.7 Å². The fourth-order valence-electron chi connectivity index (χ4n) is 5.42. The minimum Gasteiger partial charge on any atom is -0.0651 e. The number of hydrogen-bond donors (Lipinski definition) is 0. The first-order valence-electron chi connectivity index (χ1n) is 10.1. The molecule has 0 aromatic rings. The third-order valence-electron chi connectivity index (χ3n) is 7.33. The molecule has 0 aromatic carbocycles. The molecule has 0 heterocycles. The Bertz CT molecular complexity index is 294. The third kappa shape index (κ3) is 4.73. The van der Waals surface area contributed by atoms with Crippen LogP contribution in [0.3, 0.4) is 0 Å². The molecule has 0 amide bonds. The summed E-state index contributed by atoms with van der Waals surface area (Å²) in [6.45, 7) is 9.95. The van der Waals surface area contributed by atoms with Gasteiger partial charge in [-0.05, 0) is 61.2 Å². The molecule has 2 aliphatic rings. The first-order valence-corrected chi connectivity index (χ1v) is 10.1. The Labute approximate surface area is 134 Å². The maximum Gasteiger partial charge on any atom is -0.0328 e. The Balaban J connectivity index is 1.86. The summed E-state index contributed by atoms with van der Waals surface area (Å²) in [5, 5.41) is 0. The van der Waals surface area contributed by atoms with Crippen LogP contribution in [0.25, 0.3) is 0 Å². The monoisotopic (exact) mass is 292 g/mol. The van der Waals surface area contributed by atoms with Crippen LogP contribution < -0.4 is 0 Å². The molecule has 5 atom stereocenters. The molecule has 0 nitrogen and oxygen atoms in total. The van der Waals surface area contributed by atoms with Crippen molar-refractivity contribution in [1.82, 2.24) is 0 Å². The Morgan fingerprint density at radius 3 is 2.48 bits per heavy atom. The molecule has 0 heteroatoms. The van der Waals surface area contributed by atoms with Crippen molar-refractivity contribution in [2.24, 2.45) is 29.1 Å². The van der Waals surface area contributed by atoms with Crippen LogP contribution in [0.1, 0.15) is 105 Å². The Morgan fingerprint density at radius 2 is 1.76 bits per heavy atom. The van der Waals surface area contributed by atoms with Gasteiger partial charge in [-0.15, -0.1) is 0 Å². The van der Waals surface area contributed by atoms with Gasteiger partial charge in [0.15, 0.2) is 0 Å². The van der Waals surface area contributed by atoms with E-state index in [4.69, 9.17) is 0 Å². The number of hydrogen-bond acceptors (Lipinski definition) is 0. The largest absolute Gasteiger partial charge is 0.0651 e. The van der Waals surface area contributed by atoms with Crippen LogP contribution in [0.5, 0.6) is 0 Å². The van der Waals surface area contributed by atoms with E-state index in [2.05, 4.69) is 27.7 Å². The highest BCUT2D eigenvalue weighted by Crippen LogP contribution is 2.44. The predicted molar refractivity (Wildman–Crippen MR) is 94.5 cm³/mol. The summed E-state index contributed by atoms with van der Waals surface area (Å²) in [6, 6.07) is 0. The maximum atomic E-state index is 2.58. The second kappa shape index (κ2) is 8.02. The van der Waals surface area contributed by atoms with E-state index in [1.54, 1.807) is 0 Å². The van der Waals surface area contributed by atoms with Crippen molar-refractivity contribution >= 4 is 0 Å². The molecule has 0 spiro atoms. The zero-order valence-electron chi connectivity index (χ0n) is 15.3. The van der Waals surface area contributed by atoms with E-state index >= 15 is 0 Å². The van der Waals surface area contributed by atoms with Crippen molar-refractivity contribution in [3.05, 3.63) is 0 Å². The van der Waals surface area contributed by atoms with Gasteiger partial charge in [0.1, 0.15) is 0 Å². The minimum absolute atomic E-state index is 0.654. The highest BCUT2D eigenvalue weighted by molar-refractivity contribution is 4.83. The third-order valence-corrected chi connectivity index (χ3v) is 7.33. The molecule has 5 unspecified atom stereocenters. The van der Waals surface area contributed by atoms with Gasteiger partial charge in [0.05, 0.1) is 0 Å². The van der Waals surface area contributed by atoms with Gasteiger partial charge in [0, 0.05) is 0 Å². The van der Waals surface area contributed by atoms with Crippen molar-refractivity contribution in [2.75, 3.05) is 0 Å². The zero-order chi connectivity index (χ0) is 15.3. The van der Waals surface area contributed by atoms with Gasteiger partial charge in [-0.2, -0.15) is 0 Å². The van der Waals surface area contributed by atoms with Crippen molar-refractivity contribution in [3.8, 4) is 0 Å². The van der Waals surface area contributed by atoms with Crippen molar-refractivity contribution < 1.29 is 0 Å². The SMILES string of the molecule is CCC1CCCC1C(C)CC1CCCCC(C)(CC)CC1. The summed E-state index contributed by atoms with van der Waals surface area (Å²) in [6.07, 6.45) is 17.9. The van der Waals surface area contributed by atoms with Gasteiger partial charge in [-0.3, -0.25) is 0 Å². The fraction of sp³-hybridized carbons (Fsp3) is 1.00. The summed E-state index contributed by atoms with van der Waals surface area (Å²) in [7, 11) is 0. The first kappa shape index (κ1) is 17.4. The van der Waals surface area contributed by atoms with Crippen LogP contribution in [0.2, 0.25) is 0 Å². The van der Waals surface area contributed by atoms with Crippen LogP contribution in [0, 0.1) is 29.1 Å². The van der Waals surface area contributed by atoms with Gasteiger partial charge >= 0.3 is 0 Å². The minimum atomic E-state index is 0.654. The normalized spacial score (nSPS) is 39.7. The van der Waals surface area contributed by atoms with Gasteiger partial charge in [0.2, 0.25) is 0 Å². The van der Waals surface area contributed by atoms with E-state index in [-0.39, 0.29) is 0 Å². The van der Waals surface area contributed by atoms with Crippen molar-refractivity contribution in [2.45, 2.75) is 105 Å². The smallest absolute Gasteiger partial charge is 0.0328 e. The molecule has 2 rings (SSSR count). The molecule has 0 aliphatic heterocycles. The van der Waals surface area contributed by atoms with E-state index < -0.39 is 0 Å². The Hall–Kier alpha value is 0. The standard InChI is InChI=1S/C21H40/c1-5-19-11-9-12-20(19)17(3)16-18-10-7-8-14-21(4,6-2)15-13-18/h17-20H,5-16H2,1-4H3. The molecule has 0 bridgehead atoms. The second-order valence-electron chi connectivity index (χ2n) is 8.79. The van der Waals surface area contributed by atoms with E-state index in [9.17, 15) is 0 Å². The number of rotatable bonds is 5. The maximum absolute atomic E-state index is 2.58. The van der Waals surface area contributed by atoms with Crippen LogP contribution in [0.15, 0.2) is 0 Å². The molecule has 2 saturated carbocycles. The summed E-state index contributed by atoms with van der Waals surface area (Å²) in [4.78, 5) is 0. The van der Waals surface area contributed by atoms with Crippen molar-refractivity contribution in [3.63, 3.8) is 0 Å². The van der Waals surface area contributed by atoms with Crippen LogP contribution in [0.4, 0.5) is 0 Å². The lowest BCUT2D eigenvalue weighted by Crippen LogP contribution is -2.23. The molecule has 0 N–H and O–H groups in total. The first-order chi connectivity index (χ1) is 10.1. The van der Waals surface area contributed by atoms with Crippen molar-refractivity contribution in [1.29, 1.82) is 0 Å². The predicted octanol–water partition coefficient (Wildman–Crippen LogP) is 7.23. The van der Waals surface area contributed by atoms with E-state index in [1.165, 1.54) is 77.0 Å². The Morgan fingerprint density at radius 1 is 0.952 bits per heavy atom. The molecule has 124 valence electrons. The van der Waals surface area contributed by atoms with Crippen LogP contribution >= 0.6 is 0 Å². The summed E-state index contributed by atoms with van der Waals surface area (Å²) in [5.41, 5.74) is 0.654. The van der Waals surface area contributed by atoms with Gasteiger partial charge in [0.25, 0.3) is 0 Å². The lowest BCUT2D eigenvalue weighted by molar-refractivity contribution is 0.167. The molecule has 0 radical (unpaired) electrons. The lowest BCUT2D eigenvalue weighted by Gasteiger charge is -2.35. The molecular weight excluding hydrogens is 252 g/mol. The summed E-state index contributed by atoms with van der Waals surface area (Å²) in [5.74, 6) is 4.12. The van der Waals surface area contributed by atoms with Crippen LogP contribution in [-0.4, -0.2) is 0 Å². The van der Waals surface area contributed by atoms with Gasteiger partial charge in [-0.25, -0.2) is 0 Å². The molecule has 0 aromatic heterocycles. The average molecular weight is 293 g/mol. The molecule has 2 aliphatic carbocycles. The zero-order valence-corrected chi connectivity index (χ0v) is 15.3. The topological polar surface area (TPSA) is 0 Å². The van der Waals surface area contributed by atoms with Crippen LogP contribution in [-0.2, 0) is 0 Å². The second-order valence-corrected chi connectivity index (χ2v) is 8.79. The highest BCUT2D eigenvalue weighted by atomic mass is 14.4. The van der Waals surface area contributed by atoms with E-state index in [0.29, 0.717) is 5.41 Å². The highest BCUT2D eigenvalue weighted by Gasteiger charge is 2.32. The molecular formula is C21H40. The average Bonchev–Trinajstić information content (AvgIpc) is 2.95. The molecule has 2 fully saturated rings. The lowest BCUT2D eigenvalue weighted by atomic mass is 9.71.